The summed E-state index contributed by atoms with van der Waals surface area (Å²) in [6, 6.07) is 8.00. The van der Waals surface area contributed by atoms with E-state index in [9.17, 15) is 4.79 Å². The van der Waals surface area contributed by atoms with Crippen LogP contribution in [-0.4, -0.2) is 26.0 Å². The van der Waals surface area contributed by atoms with Crippen LogP contribution < -0.4 is 0 Å². The first-order valence-corrected chi connectivity index (χ1v) is 7.11. The molecule has 0 radical (unpaired) electrons. The van der Waals surface area contributed by atoms with E-state index >= 15 is 0 Å². The fourth-order valence-electron chi connectivity index (χ4n) is 1.95. The second-order valence-corrected chi connectivity index (χ2v) is 4.42. The molecule has 0 aromatic heterocycles. The van der Waals surface area contributed by atoms with E-state index in [0.717, 1.165) is 11.1 Å². The first kappa shape index (κ1) is 16.7. The first-order chi connectivity index (χ1) is 9.69. The maximum atomic E-state index is 11.4. The van der Waals surface area contributed by atoms with Gasteiger partial charge in [-0.2, -0.15) is 0 Å². The molecular formula is C16H24O4. The van der Waals surface area contributed by atoms with Crippen molar-refractivity contribution in [3.8, 4) is 0 Å². The third-order valence-electron chi connectivity index (χ3n) is 3.00. The van der Waals surface area contributed by atoms with Crippen molar-refractivity contribution in [2.75, 3.05) is 20.0 Å². The lowest BCUT2D eigenvalue weighted by molar-refractivity contribution is -0.143. The molecule has 1 aromatic rings. The first-order valence-electron chi connectivity index (χ1n) is 7.11. The highest BCUT2D eigenvalue weighted by Crippen LogP contribution is 2.22. The van der Waals surface area contributed by atoms with E-state index in [-0.39, 0.29) is 18.9 Å². The van der Waals surface area contributed by atoms with Crippen molar-refractivity contribution >= 4 is 5.97 Å². The summed E-state index contributed by atoms with van der Waals surface area (Å²) in [5, 5.41) is 0. The van der Waals surface area contributed by atoms with Crippen molar-refractivity contribution in [3.63, 3.8) is 0 Å². The van der Waals surface area contributed by atoms with Crippen molar-refractivity contribution < 1.29 is 19.0 Å². The molecule has 112 valence electrons. The van der Waals surface area contributed by atoms with Crippen LogP contribution in [0.25, 0.3) is 0 Å². The minimum atomic E-state index is -0.162. The van der Waals surface area contributed by atoms with Gasteiger partial charge in [0.2, 0.25) is 0 Å². The fraction of sp³-hybridized carbons (Fsp3) is 0.562. The van der Waals surface area contributed by atoms with Gasteiger partial charge in [-0.25, -0.2) is 0 Å². The molecule has 0 saturated heterocycles. The van der Waals surface area contributed by atoms with Gasteiger partial charge in [0.1, 0.15) is 6.79 Å². The molecule has 0 N–H and O–H groups in total. The zero-order valence-electron chi connectivity index (χ0n) is 12.6. The lowest BCUT2D eigenvalue weighted by Gasteiger charge is -2.17. The predicted molar refractivity (Wildman–Crippen MR) is 77.4 cm³/mol. The summed E-state index contributed by atoms with van der Waals surface area (Å²) in [6.07, 6.45) is 1.00. The Hall–Kier alpha value is -1.39. The fourth-order valence-corrected chi connectivity index (χ4v) is 1.95. The van der Waals surface area contributed by atoms with Crippen LogP contribution in [0.1, 0.15) is 44.4 Å². The number of ether oxygens (including phenoxy) is 3. The highest BCUT2D eigenvalue weighted by Gasteiger charge is 2.12. The average molecular weight is 280 g/mol. The van der Waals surface area contributed by atoms with E-state index in [4.69, 9.17) is 14.2 Å². The third kappa shape index (κ3) is 5.72. The van der Waals surface area contributed by atoms with E-state index in [0.29, 0.717) is 26.1 Å². The topological polar surface area (TPSA) is 44.8 Å². The maximum absolute atomic E-state index is 11.4. The monoisotopic (exact) mass is 280 g/mol. The van der Waals surface area contributed by atoms with Crippen LogP contribution in [0.4, 0.5) is 0 Å². The van der Waals surface area contributed by atoms with Crippen LogP contribution in [0.5, 0.6) is 0 Å². The maximum Gasteiger partial charge on any atom is 0.306 e. The largest absolute Gasteiger partial charge is 0.466 e. The van der Waals surface area contributed by atoms with E-state index in [1.165, 1.54) is 0 Å². The predicted octanol–water partition coefficient (Wildman–Crippen LogP) is 3.25. The van der Waals surface area contributed by atoms with Crippen LogP contribution >= 0.6 is 0 Å². The van der Waals surface area contributed by atoms with Crippen LogP contribution in [0.2, 0.25) is 0 Å². The Balaban J connectivity index is 2.60. The van der Waals surface area contributed by atoms with Crippen molar-refractivity contribution in [1.82, 2.24) is 0 Å². The number of rotatable bonds is 9. The summed E-state index contributed by atoms with van der Waals surface area (Å²) >= 11 is 0. The molecule has 1 rings (SSSR count). The van der Waals surface area contributed by atoms with Gasteiger partial charge in [-0.05, 0) is 38.3 Å². The molecule has 1 atom stereocenters. The molecule has 0 fully saturated rings. The second kappa shape index (κ2) is 9.50. The van der Waals surface area contributed by atoms with Gasteiger partial charge in [-0.1, -0.05) is 24.3 Å². The summed E-state index contributed by atoms with van der Waals surface area (Å²) < 4.78 is 15.8. The number of benzene rings is 1. The number of carbonyl (C=O) groups excluding carboxylic acids is 1. The number of esters is 1. The smallest absolute Gasteiger partial charge is 0.306 e. The highest BCUT2D eigenvalue weighted by molar-refractivity contribution is 5.69. The van der Waals surface area contributed by atoms with Crippen molar-refractivity contribution in [2.24, 2.45) is 0 Å². The van der Waals surface area contributed by atoms with Gasteiger partial charge in [0.15, 0.2) is 0 Å². The molecule has 0 heterocycles. The molecule has 1 aromatic carbocycles. The normalized spacial score (nSPS) is 12.2. The van der Waals surface area contributed by atoms with E-state index in [2.05, 4.69) is 0 Å². The van der Waals surface area contributed by atoms with Crippen LogP contribution in [0.3, 0.4) is 0 Å². The molecule has 4 nitrogen and oxygen atoms in total. The van der Waals surface area contributed by atoms with E-state index < -0.39 is 0 Å². The van der Waals surface area contributed by atoms with E-state index in [1.807, 2.05) is 45.0 Å². The molecule has 0 spiro atoms. The van der Waals surface area contributed by atoms with Gasteiger partial charge < -0.3 is 14.2 Å². The lowest BCUT2D eigenvalue weighted by atomic mass is 9.99. The molecule has 0 amide bonds. The summed E-state index contributed by atoms with van der Waals surface area (Å²) in [4.78, 5) is 11.4. The molecule has 4 heteroatoms. The standard InChI is InChI=1S/C16H24O4/c1-4-18-12-20-13(3)15-9-7-6-8-14(15)10-11-16(17)19-5-2/h6-9,13H,4-5,10-12H2,1-3H3. The zero-order valence-corrected chi connectivity index (χ0v) is 12.6. The number of hydrogen-bond acceptors (Lipinski definition) is 4. The van der Waals surface area contributed by atoms with Crippen LogP contribution in [-0.2, 0) is 25.4 Å². The Morgan fingerprint density at radius 2 is 1.95 bits per heavy atom. The Labute approximate surface area is 121 Å². The van der Waals surface area contributed by atoms with Crippen LogP contribution in [0, 0.1) is 0 Å². The minimum Gasteiger partial charge on any atom is -0.466 e. The summed E-state index contributed by atoms with van der Waals surface area (Å²) in [7, 11) is 0. The number of carbonyl (C=O) groups is 1. The average Bonchev–Trinajstić information content (AvgIpc) is 2.46. The third-order valence-corrected chi connectivity index (χ3v) is 3.00. The Morgan fingerprint density at radius 3 is 2.65 bits per heavy atom. The van der Waals surface area contributed by atoms with Crippen molar-refractivity contribution in [3.05, 3.63) is 35.4 Å². The van der Waals surface area contributed by atoms with Crippen molar-refractivity contribution in [1.29, 1.82) is 0 Å². The molecule has 0 saturated carbocycles. The molecular weight excluding hydrogens is 256 g/mol. The van der Waals surface area contributed by atoms with Gasteiger partial charge in [-0.3, -0.25) is 4.79 Å². The number of hydrogen-bond donors (Lipinski definition) is 0. The Morgan fingerprint density at radius 1 is 1.20 bits per heavy atom. The van der Waals surface area contributed by atoms with Gasteiger partial charge in [-0.15, -0.1) is 0 Å². The number of aryl methyl sites for hydroxylation is 1. The summed E-state index contributed by atoms with van der Waals surface area (Å²) in [6.45, 7) is 7.08. The molecule has 0 aliphatic rings. The Kier molecular flexibility index (Phi) is 7.92. The van der Waals surface area contributed by atoms with Gasteiger partial charge in [0.25, 0.3) is 0 Å². The molecule has 0 aliphatic carbocycles. The molecule has 1 unspecified atom stereocenters. The molecule has 0 aliphatic heterocycles. The van der Waals surface area contributed by atoms with E-state index in [1.54, 1.807) is 0 Å². The van der Waals surface area contributed by atoms with Gasteiger partial charge in [0.05, 0.1) is 12.7 Å². The van der Waals surface area contributed by atoms with Gasteiger partial charge >= 0.3 is 5.97 Å². The van der Waals surface area contributed by atoms with Gasteiger partial charge in [0, 0.05) is 13.0 Å². The quantitative estimate of drug-likeness (QED) is 0.396. The molecule has 20 heavy (non-hydrogen) atoms. The summed E-state index contributed by atoms with van der Waals surface area (Å²) in [5.41, 5.74) is 2.21. The SMILES string of the molecule is CCOCOC(C)c1ccccc1CCC(=O)OCC. The molecule has 0 bridgehead atoms. The summed E-state index contributed by atoms with van der Waals surface area (Å²) in [5.74, 6) is -0.162. The van der Waals surface area contributed by atoms with Crippen molar-refractivity contribution in [2.45, 2.75) is 39.7 Å². The second-order valence-electron chi connectivity index (χ2n) is 4.42. The highest BCUT2D eigenvalue weighted by atomic mass is 16.7. The lowest BCUT2D eigenvalue weighted by Crippen LogP contribution is -2.09. The Bertz CT molecular complexity index is 403. The zero-order chi connectivity index (χ0) is 14.8. The minimum absolute atomic E-state index is 0.0556. The van der Waals surface area contributed by atoms with Crippen LogP contribution in [0.15, 0.2) is 24.3 Å².